The van der Waals surface area contributed by atoms with Gasteiger partial charge in [0.15, 0.2) is 0 Å². The number of benzene rings is 1. The molecule has 20 heavy (non-hydrogen) atoms. The van der Waals surface area contributed by atoms with Gasteiger partial charge in [0.1, 0.15) is 5.75 Å². The van der Waals surface area contributed by atoms with Gasteiger partial charge >= 0.3 is 0 Å². The Labute approximate surface area is 120 Å². The standard InChI is InChI=1S/C16H24N2O2/c1-18(2)16(19)7-4-10-20-13-8-9-14-12(11-13)5-3-6-15(14)17/h8-9,11,15H,3-7,10,17H2,1-2H3. The molecule has 1 amide bonds. The van der Waals surface area contributed by atoms with Gasteiger partial charge in [-0.2, -0.15) is 0 Å². The Hall–Kier alpha value is -1.55. The highest BCUT2D eigenvalue weighted by molar-refractivity contribution is 5.75. The molecule has 0 heterocycles. The lowest BCUT2D eigenvalue weighted by Gasteiger charge is -2.22. The van der Waals surface area contributed by atoms with Gasteiger partial charge in [0.05, 0.1) is 6.61 Å². The number of nitrogens with two attached hydrogens (primary N) is 1. The zero-order valence-electron chi connectivity index (χ0n) is 12.4. The number of carbonyl (C=O) groups excluding carboxylic acids is 1. The zero-order chi connectivity index (χ0) is 14.5. The number of hydrogen-bond acceptors (Lipinski definition) is 3. The van der Waals surface area contributed by atoms with Crippen molar-refractivity contribution in [2.45, 2.75) is 38.1 Å². The van der Waals surface area contributed by atoms with Crippen molar-refractivity contribution in [2.24, 2.45) is 5.73 Å². The summed E-state index contributed by atoms with van der Waals surface area (Å²) in [5.74, 6) is 1.03. The highest BCUT2D eigenvalue weighted by Gasteiger charge is 2.16. The monoisotopic (exact) mass is 276 g/mol. The minimum atomic E-state index is 0.144. The van der Waals surface area contributed by atoms with Gasteiger partial charge in [-0.3, -0.25) is 4.79 Å². The molecule has 1 atom stereocenters. The second-order valence-electron chi connectivity index (χ2n) is 5.60. The Morgan fingerprint density at radius 3 is 3.00 bits per heavy atom. The van der Waals surface area contributed by atoms with Crippen LogP contribution in [-0.4, -0.2) is 31.5 Å². The van der Waals surface area contributed by atoms with Crippen LogP contribution in [0.25, 0.3) is 0 Å². The van der Waals surface area contributed by atoms with Crippen LogP contribution in [-0.2, 0) is 11.2 Å². The topological polar surface area (TPSA) is 55.6 Å². The third-order valence-electron chi connectivity index (χ3n) is 3.78. The SMILES string of the molecule is CN(C)C(=O)CCCOc1ccc2c(c1)CCCC2N. The zero-order valence-corrected chi connectivity index (χ0v) is 12.4. The van der Waals surface area contributed by atoms with Crippen molar-refractivity contribution in [1.29, 1.82) is 0 Å². The molecule has 0 saturated heterocycles. The Bertz CT molecular complexity index is 472. The van der Waals surface area contributed by atoms with Crippen molar-refractivity contribution in [3.8, 4) is 5.75 Å². The van der Waals surface area contributed by atoms with Crippen LogP contribution in [0.15, 0.2) is 18.2 Å². The summed E-state index contributed by atoms with van der Waals surface area (Å²) >= 11 is 0. The van der Waals surface area contributed by atoms with E-state index in [0.29, 0.717) is 13.0 Å². The summed E-state index contributed by atoms with van der Waals surface area (Å²) in [7, 11) is 3.55. The molecule has 1 aromatic rings. The molecule has 0 spiro atoms. The van der Waals surface area contributed by atoms with Crippen LogP contribution < -0.4 is 10.5 Å². The summed E-state index contributed by atoms with van der Waals surface area (Å²) in [5, 5.41) is 0. The maximum Gasteiger partial charge on any atom is 0.222 e. The summed E-state index contributed by atoms with van der Waals surface area (Å²) in [6.07, 6.45) is 4.57. The van der Waals surface area contributed by atoms with E-state index in [1.807, 2.05) is 6.07 Å². The van der Waals surface area contributed by atoms with E-state index in [0.717, 1.165) is 31.4 Å². The molecule has 0 fully saturated rings. The van der Waals surface area contributed by atoms with Crippen molar-refractivity contribution < 1.29 is 9.53 Å². The van der Waals surface area contributed by atoms with Gasteiger partial charge in [-0.05, 0) is 48.9 Å². The van der Waals surface area contributed by atoms with Crippen LogP contribution in [0, 0.1) is 0 Å². The lowest BCUT2D eigenvalue weighted by molar-refractivity contribution is -0.128. The fourth-order valence-electron chi connectivity index (χ4n) is 2.56. The minimum absolute atomic E-state index is 0.144. The van der Waals surface area contributed by atoms with Crippen molar-refractivity contribution in [3.05, 3.63) is 29.3 Å². The lowest BCUT2D eigenvalue weighted by Crippen LogP contribution is -2.21. The van der Waals surface area contributed by atoms with E-state index in [9.17, 15) is 4.79 Å². The maximum absolute atomic E-state index is 11.4. The predicted molar refractivity (Wildman–Crippen MR) is 79.7 cm³/mol. The molecule has 4 nitrogen and oxygen atoms in total. The van der Waals surface area contributed by atoms with Crippen LogP contribution in [0.5, 0.6) is 5.75 Å². The molecule has 1 unspecified atom stereocenters. The first-order valence-electron chi connectivity index (χ1n) is 7.29. The Morgan fingerprint density at radius 2 is 2.25 bits per heavy atom. The minimum Gasteiger partial charge on any atom is -0.494 e. The smallest absolute Gasteiger partial charge is 0.222 e. The number of aryl methyl sites for hydroxylation is 1. The van der Waals surface area contributed by atoms with Gasteiger partial charge in [-0.15, -0.1) is 0 Å². The molecule has 1 aliphatic carbocycles. The number of nitrogens with zero attached hydrogens (tertiary/aromatic N) is 1. The van der Waals surface area contributed by atoms with Crippen LogP contribution in [0.3, 0.4) is 0 Å². The van der Waals surface area contributed by atoms with E-state index in [4.69, 9.17) is 10.5 Å². The number of carbonyl (C=O) groups is 1. The van der Waals surface area contributed by atoms with Gasteiger partial charge in [-0.1, -0.05) is 6.07 Å². The Balaban J connectivity index is 1.84. The molecule has 110 valence electrons. The molecule has 1 aliphatic rings. The first-order chi connectivity index (χ1) is 9.58. The molecule has 2 N–H and O–H groups in total. The quantitative estimate of drug-likeness (QED) is 0.839. The molecule has 0 radical (unpaired) electrons. The largest absolute Gasteiger partial charge is 0.494 e. The van der Waals surface area contributed by atoms with Crippen molar-refractivity contribution in [2.75, 3.05) is 20.7 Å². The van der Waals surface area contributed by atoms with E-state index in [1.165, 1.54) is 11.1 Å². The summed E-state index contributed by atoms with van der Waals surface area (Å²) in [4.78, 5) is 13.0. The third-order valence-corrected chi connectivity index (χ3v) is 3.78. The third kappa shape index (κ3) is 3.73. The Morgan fingerprint density at radius 1 is 1.45 bits per heavy atom. The Kier molecular flexibility index (Phi) is 5.01. The summed E-state index contributed by atoms with van der Waals surface area (Å²) < 4.78 is 5.73. The number of fused-ring (bicyclic) bond motifs is 1. The second kappa shape index (κ2) is 6.75. The number of rotatable bonds is 5. The molecule has 0 bridgehead atoms. The maximum atomic E-state index is 11.4. The fourth-order valence-corrected chi connectivity index (χ4v) is 2.56. The number of amides is 1. The fraction of sp³-hybridized carbons (Fsp3) is 0.562. The number of ether oxygens (including phenoxy) is 1. The summed E-state index contributed by atoms with van der Waals surface area (Å²) in [6, 6.07) is 6.34. The highest BCUT2D eigenvalue weighted by Crippen LogP contribution is 2.30. The van der Waals surface area contributed by atoms with Gasteiger partial charge < -0.3 is 15.4 Å². The van der Waals surface area contributed by atoms with Crippen molar-refractivity contribution in [3.63, 3.8) is 0 Å². The highest BCUT2D eigenvalue weighted by atomic mass is 16.5. The molecule has 0 aliphatic heterocycles. The first kappa shape index (κ1) is 14.9. The van der Waals surface area contributed by atoms with Crippen LogP contribution in [0.4, 0.5) is 0 Å². The van der Waals surface area contributed by atoms with Crippen LogP contribution in [0.2, 0.25) is 0 Å². The lowest BCUT2D eigenvalue weighted by atomic mass is 9.88. The van der Waals surface area contributed by atoms with Crippen LogP contribution in [0.1, 0.15) is 42.9 Å². The van der Waals surface area contributed by atoms with E-state index in [1.54, 1.807) is 19.0 Å². The predicted octanol–water partition coefficient (Wildman–Crippen LogP) is 2.27. The van der Waals surface area contributed by atoms with Crippen molar-refractivity contribution in [1.82, 2.24) is 4.90 Å². The van der Waals surface area contributed by atoms with E-state index in [2.05, 4.69) is 12.1 Å². The second-order valence-corrected chi connectivity index (χ2v) is 5.60. The summed E-state index contributed by atoms with van der Waals surface area (Å²) in [5.41, 5.74) is 8.66. The molecule has 0 saturated carbocycles. The average Bonchev–Trinajstić information content (AvgIpc) is 2.43. The first-order valence-corrected chi connectivity index (χ1v) is 7.29. The average molecular weight is 276 g/mol. The molecule has 1 aromatic carbocycles. The van der Waals surface area contributed by atoms with Gasteiger partial charge in [0.25, 0.3) is 0 Å². The van der Waals surface area contributed by atoms with Gasteiger partial charge in [0, 0.05) is 26.6 Å². The van der Waals surface area contributed by atoms with Gasteiger partial charge in [-0.25, -0.2) is 0 Å². The normalized spacial score (nSPS) is 17.4. The van der Waals surface area contributed by atoms with E-state index in [-0.39, 0.29) is 11.9 Å². The van der Waals surface area contributed by atoms with Crippen LogP contribution >= 0.6 is 0 Å². The molecule has 4 heteroatoms. The summed E-state index contributed by atoms with van der Waals surface area (Å²) in [6.45, 7) is 0.574. The molecular weight excluding hydrogens is 252 g/mol. The van der Waals surface area contributed by atoms with Crippen molar-refractivity contribution >= 4 is 5.91 Å². The van der Waals surface area contributed by atoms with E-state index < -0.39 is 0 Å². The number of hydrogen-bond donors (Lipinski definition) is 1. The van der Waals surface area contributed by atoms with E-state index >= 15 is 0 Å². The van der Waals surface area contributed by atoms with Gasteiger partial charge in [0.2, 0.25) is 5.91 Å². The molecule has 2 rings (SSSR count). The molecular formula is C16H24N2O2. The molecule has 0 aromatic heterocycles.